The number of hydrogen-bond acceptors (Lipinski definition) is 0. The molecule has 0 spiro atoms. The molecule has 1 nitrogen and oxygen atoms in total. The van der Waals surface area contributed by atoms with Gasteiger partial charge in [-0.1, -0.05) is 66.2 Å². The Labute approximate surface area is 178 Å². The van der Waals surface area contributed by atoms with Gasteiger partial charge in [0.1, 0.15) is 6.54 Å². The summed E-state index contributed by atoms with van der Waals surface area (Å²) in [4.78, 5) is 0. The van der Waals surface area contributed by atoms with E-state index in [0.29, 0.717) is 0 Å². The summed E-state index contributed by atoms with van der Waals surface area (Å²) in [5.41, 5.74) is 5.39. The number of rotatable bonds is 8. The lowest BCUT2D eigenvalue weighted by molar-refractivity contribution is -0.672. The topological polar surface area (TPSA) is 3.88 Å². The van der Waals surface area contributed by atoms with Crippen molar-refractivity contribution < 1.29 is 4.57 Å². The fourth-order valence-corrected chi connectivity index (χ4v) is 4.06. The van der Waals surface area contributed by atoms with Crippen LogP contribution in [0.1, 0.15) is 36.0 Å². The Morgan fingerprint density at radius 1 is 0.655 bits per heavy atom. The third kappa shape index (κ3) is 5.46. The largest absolute Gasteiger partial charge is 0.212 e. The van der Waals surface area contributed by atoms with Crippen molar-refractivity contribution >= 4 is 22.5 Å². The second kappa shape index (κ2) is 9.71. The standard InChI is InChI=1S/C27H27ClN/c28-26-16-14-23(15-17-26)19-24-20-25-12-6-7-13-27(25)29(21-24)18-8-2-5-11-22-9-3-1-4-10-22/h1,3-4,6-7,9-10,12-17,20-21H,2,5,8,11,18-19H2/q+1. The Bertz CT molecular complexity index is 1050. The number of halogens is 1. The lowest BCUT2D eigenvalue weighted by Gasteiger charge is -2.07. The van der Waals surface area contributed by atoms with Crippen LogP contribution in [0.15, 0.2) is 91.1 Å². The zero-order chi connectivity index (χ0) is 19.9. The minimum absolute atomic E-state index is 0.790. The van der Waals surface area contributed by atoms with Crippen LogP contribution in [0.4, 0.5) is 0 Å². The number of aryl methyl sites for hydroxylation is 2. The Balaban J connectivity index is 1.43. The molecule has 0 saturated heterocycles. The van der Waals surface area contributed by atoms with E-state index in [1.165, 1.54) is 53.3 Å². The SMILES string of the molecule is Clc1ccc(Cc2cc3ccccc3[n+](CCCCCc3ccccc3)c2)cc1. The van der Waals surface area contributed by atoms with Crippen LogP contribution in [0.25, 0.3) is 10.9 Å². The van der Waals surface area contributed by atoms with Gasteiger partial charge in [0, 0.05) is 34.9 Å². The second-order valence-corrected chi connectivity index (χ2v) is 8.14. The van der Waals surface area contributed by atoms with Crippen LogP contribution in [-0.2, 0) is 19.4 Å². The van der Waals surface area contributed by atoms with E-state index in [2.05, 4.69) is 83.6 Å². The van der Waals surface area contributed by atoms with Crippen LogP contribution in [0, 0.1) is 0 Å². The first kappa shape index (κ1) is 19.7. The number of nitrogens with zero attached hydrogens (tertiary/aromatic N) is 1. The first-order chi connectivity index (χ1) is 14.3. The molecule has 1 aromatic heterocycles. The van der Waals surface area contributed by atoms with Gasteiger partial charge in [-0.2, -0.15) is 4.57 Å². The summed E-state index contributed by atoms with van der Waals surface area (Å²) in [5, 5.41) is 2.10. The van der Waals surface area contributed by atoms with Crippen molar-refractivity contribution in [3.05, 3.63) is 113 Å². The van der Waals surface area contributed by atoms with E-state index in [1.807, 2.05) is 12.1 Å². The number of hydrogen-bond donors (Lipinski definition) is 0. The number of pyridine rings is 1. The molecular weight excluding hydrogens is 374 g/mol. The molecule has 0 aliphatic heterocycles. The summed E-state index contributed by atoms with van der Waals surface area (Å²) in [5.74, 6) is 0. The zero-order valence-corrected chi connectivity index (χ0v) is 17.5. The molecule has 0 amide bonds. The minimum Gasteiger partial charge on any atom is -0.198 e. The van der Waals surface area contributed by atoms with E-state index in [-0.39, 0.29) is 0 Å². The molecule has 0 N–H and O–H groups in total. The van der Waals surface area contributed by atoms with Gasteiger partial charge in [0.15, 0.2) is 6.20 Å². The van der Waals surface area contributed by atoms with Crippen molar-refractivity contribution in [3.8, 4) is 0 Å². The number of para-hydroxylation sites is 1. The van der Waals surface area contributed by atoms with E-state index >= 15 is 0 Å². The van der Waals surface area contributed by atoms with E-state index in [9.17, 15) is 0 Å². The summed E-state index contributed by atoms with van der Waals surface area (Å²) >= 11 is 6.04. The molecular formula is C27H27ClN+. The molecule has 0 bridgehead atoms. The smallest absolute Gasteiger partial charge is 0.198 e. The molecule has 4 aromatic rings. The van der Waals surface area contributed by atoms with Crippen LogP contribution < -0.4 is 4.57 Å². The fourth-order valence-electron chi connectivity index (χ4n) is 3.93. The molecule has 29 heavy (non-hydrogen) atoms. The lowest BCUT2D eigenvalue weighted by atomic mass is 10.0. The van der Waals surface area contributed by atoms with Crippen molar-refractivity contribution in [1.82, 2.24) is 0 Å². The molecule has 3 aromatic carbocycles. The fraction of sp³-hybridized carbons (Fsp3) is 0.222. The molecule has 0 saturated carbocycles. The highest BCUT2D eigenvalue weighted by molar-refractivity contribution is 6.30. The van der Waals surface area contributed by atoms with Gasteiger partial charge < -0.3 is 0 Å². The molecule has 0 aliphatic carbocycles. The van der Waals surface area contributed by atoms with Crippen molar-refractivity contribution in [1.29, 1.82) is 0 Å². The molecule has 2 heteroatoms. The molecule has 1 heterocycles. The monoisotopic (exact) mass is 400 g/mol. The van der Waals surface area contributed by atoms with Crippen molar-refractivity contribution in [2.45, 2.75) is 38.6 Å². The Hall–Kier alpha value is -2.64. The van der Waals surface area contributed by atoms with Crippen LogP contribution in [0.2, 0.25) is 5.02 Å². The third-order valence-electron chi connectivity index (χ3n) is 5.44. The van der Waals surface area contributed by atoms with Crippen molar-refractivity contribution in [3.63, 3.8) is 0 Å². The van der Waals surface area contributed by atoms with Gasteiger partial charge in [0.2, 0.25) is 5.52 Å². The summed E-state index contributed by atoms with van der Waals surface area (Å²) < 4.78 is 2.43. The molecule has 4 rings (SSSR count). The Kier molecular flexibility index (Phi) is 6.59. The van der Waals surface area contributed by atoms with Crippen molar-refractivity contribution in [2.75, 3.05) is 0 Å². The lowest BCUT2D eigenvalue weighted by Crippen LogP contribution is -2.35. The molecule has 0 fully saturated rings. The summed E-state index contributed by atoms with van der Waals surface area (Å²) in [7, 11) is 0. The van der Waals surface area contributed by atoms with E-state index < -0.39 is 0 Å². The summed E-state index contributed by atoms with van der Waals surface area (Å²) in [6.45, 7) is 1.06. The van der Waals surface area contributed by atoms with Gasteiger partial charge in [-0.05, 0) is 54.7 Å². The highest BCUT2D eigenvalue weighted by atomic mass is 35.5. The van der Waals surface area contributed by atoms with Gasteiger partial charge in [0.25, 0.3) is 0 Å². The molecule has 0 radical (unpaired) electrons. The third-order valence-corrected chi connectivity index (χ3v) is 5.69. The van der Waals surface area contributed by atoms with Gasteiger partial charge in [-0.15, -0.1) is 0 Å². The van der Waals surface area contributed by atoms with Gasteiger partial charge in [-0.25, -0.2) is 0 Å². The number of unbranched alkanes of at least 4 members (excludes halogenated alkanes) is 2. The average molecular weight is 401 g/mol. The molecule has 0 atom stereocenters. The maximum Gasteiger partial charge on any atom is 0.212 e. The maximum atomic E-state index is 6.04. The first-order valence-corrected chi connectivity index (χ1v) is 10.9. The van der Waals surface area contributed by atoms with Gasteiger partial charge in [-0.3, -0.25) is 0 Å². The zero-order valence-electron chi connectivity index (χ0n) is 16.7. The highest BCUT2D eigenvalue weighted by Gasteiger charge is 2.11. The Morgan fingerprint density at radius 3 is 2.24 bits per heavy atom. The highest BCUT2D eigenvalue weighted by Crippen LogP contribution is 2.17. The quantitative estimate of drug-likeness (QED) is 0.226. The summed E-state index contributed by atoms with van der Waals surface area (Å²) in [6, 6.07) is 30.0. The average Bonchev–Trinajstić information content (AvgIpc) is 2.76. The predicted molar refractivity (Wildman–Crippen MR) is 122 cm³/mol. The van der Waals surface area contributed by atoms with Crippen LogP contribution in [0.3, 0.4) is 0 Å². The maximum absolute atomic E-state index is 6.04. The molecule has 0 unspecified atom stereocenters. The number of fused-ring (bicyclic) bond motifs is 1. The predicted octanol–water partition coefficient (Wildman–Crippen LogP) is 6.78. The first-order valence-electron chi connectivity index (χ1n) is 10.5. The van der Waals surface area contributed by atoms with E-state index in [1.54, 1.807) is 0 Å². The molecule has 146 valence electrons. The van der Waals surface area contributed by atoms with E-state index in [4.69, 9.17) is 11.6 Å². The van der Waals surface area contributed by atoms with Gasteiger partial charge in [0.05, 0.1) is 0 Å². The van der Waals surface area contributed by atoms with Crippen LogP contribution in [-0.4, -0.2) is 0 Å². The number of aromatic nitrogens is 1. The van der Waals surface area contributed by atoms with Crippen molar-refractivity contribution in [2.24, 2.45) is 0 Å². The minimum atomic E-state index is 0.790. The van der Waals surface area contributed by atoms with Crippen LogP contribution in [0.5, 0.6) is 0 Å². The summed E-state index contributed by atoms with van der Waals surface area (Å²) in [6.07, 6.45) is 8.11. The molecule has 0 aliphatic rings. The van der Waals surface area contributed by atoms with Crippen LogP contribution >= 0.6 is 11.6 Å². The van der Waals surface area contributed by atoms with E-state index in [0.717, 1.165) is 18.0 Å². The van der Waals surface area contributed by atoms with Gasteiger partial charge >= 0.3 is 0 Å². The normalized spacial score (nSPS) is 11.1. The second-order valence-electron chi connectivity index (χ2n) is 7.70. The number of benzene rings is 3. The Morgan fingerprint density at radius 2 is 1.41 bits per heavy atom.